The molecular formula is C20H28N2O4. The standard InChI is InChI=1S/C20H28N2O4/c1-20(2,3)26-19(24)22-14-13-21(15-17(22)18(23)25-4)12-8-11-16-9-6-5-7-10-16/h5-11,17H,12-15H2,1-4H3. The number of rotatable bonds is 4. The molecular weight excluding hydrogens is 332 g/mol. The summed E-state index contributed by atoms with van der Waals surface area (Å²) in [5.41, 5.74) is 0.525. The largest absolute Gasteiger partial charge is 0.467 e. The first-order valence-corrected chi connectivity index (χ1v) is 8.81. The van der Waals surface area contributed by atoms with E-state index in [4.69, 9.17) is 9.47 Å². The topological polar surface area (TPSA) is 59.1 Å². The summed E-state index contributed by atoms with van der Waals surface area (Å²) in [4.78, 5) is 28.2. The highest BCUT2D eigenvalue weighted by Gasteiger charge is 2.37. The number of piperazine rings is 1. The number of carbonyl (C=O) groups is 2. The van der Waals surface area contributed by atoms with Gasteiger partial charge in [0.1, 0.15) is 11.6 Å². The minimum Gasteiger partial charge on any atom is -0.467 e. The molecule has 0 radical (unpaired) electrons. The van der Waals surface area contributed by atoms with Crippen LogP contribution in [0.15, 0.2) is 36.4 Å². The number of hydrogen-bond acceptors (Lipinski definition) is 5. The van der Waals surface area contributed by atoms with E-state index in [0.717, 1.165) is 5.56 Å². The van der Waals surface area contributed by atoms with E-state index in [1.165, 1.54) is 12.0 Å². The van der Waals surface area contributed by atoms with Crippen LogP contribution >= 0.6 is 0 Å². The lowest BCUT2D eigenvalue weighted by molar-refractivity contribution is -0.149. The second-order valence-corrected chi connectivity index (χ2v) is 7.29. The molecule has 1 saturated heterocycles. The Hall–Kier alpha value is -2.34. The van der Waals surface area contributed by atoms with E-state index in [9.17, 15) is 9.59 Å². The fourth-order valence-electron chi connectivity index (χ4n) is 2.78. The monoisotopic (exact) mass is 360 g/mol. The van der Waals surface area contributed by atoms with Crippen LogP contribution in [-0.4, -0.2) is 66.8 Å². The van der Waals surface area contributed by atoms with Crippen LogP contribution in [0.5, 0.6) is 0 Å². The van der Waals surface area contributed by atoms with E-state index < -0.39 is 23.7 Å². The van der Waals surface area contributed by atoms with Crippen LogP contribution in [0.2, 0.25) is 0 Å². The first-order valence-electron chi connectivity index (χ1n) is 8.81. The van der Waals surface area contributed by atoms with Crippen LogP contribution in [0.1, 0.15) is 26.3 Å². The highest BCUT2D eigenvalue weighted by molar-refractivity contribution is 5.82. The lowest BCUT2D eigenvalue weighted by atomic mass is 10.1. The number of carbonyl (C=O) groups excluding carboxylic acids is 2. The third-order valence-electron chi connectivity index (χ3n) is 4.04. The predicted molar refractivity (Wildman–Crippen MR) is 101 cm³/mol. The van der Waals surface area contributed by atoms with Crippen molar-refractivity contribution >= 4 is 18.1 Å². The zero-order valence-corrected chi connectivity index (χ0v) is 16.0. The molecule has 0 spiro atoms. The van der Waals surface area contributed by atoms with Gasteiger partial charge in [-0.15, -0.1) is 0 Å². The first-order chi connectivity index (χ1) is 12.3. The lowest BCUT2D eigenvalue weighted by Crippen LogP contribution is -2.59. The zero-order chi connectivity index (χ0) is 19.2. The summed E-state index contributed by atoms with van der Waals surface area (Å²) in [6.07, 6.45) is 3.63. The Kier molecular flexibility index (Phi) is 6.80. The maximum Gasteiger partial charge on any atom is 0.411 e. The molecule has 0 bridgehead atoms. The Morgan fingerprint density at radius 3 is 2.50 bits per heavy atom. The molecule has 26 heavy (non-hydrogen) atoms. The van der Waals surface area contributed by atoms with E-state index in [1.54, 1.807) is 0 Å². The number of esters is 1. The van der Waals surface area contributed by atoms with E-state index in [0.29, 0.717) is 26.2 Å². The molecule has 1 unspecified atom stereocenters. The van der Waals surface area contributed by atoms with Crippen molar-refractivity contribution in [3.63, 3.8) is 0 Å². The van der Waals surface area contributed by atoms with Gasteiger partial charge in [-0.3, -0.25) is 9.80 Å². The van der Waals surface area contributed by atoms with Gasteiger partial charge in [-0.25, -0.2) is 9.59 Å². The van der Waals surface area contributed by atoms with Crippen LogP contribution in [0.4, 0.5) is 4.79 Å². The third-order valence-corrected chi connectivity index (χ3v) is 4.04. The number of hydrogen-bond donors (Lipinski definition) is 0. The van der Waals surface area contributed by atoms with Gasteiger partial charge in [0.15, 0.2) is 0 Å². The van der Waals surface area contributed by atoms with Crippen molar-refractivity contribution in [1.82, 2.24) is 9.80 Å². The molecule has 1 atom stereocenters. The summed E-state index contributed by atoms with van der Waals surface area (Å²) < 4.78 is 10.3. The summed E-state index contributed by atoms with van der Waals surface area (Å²) >= 11 is 0. The second kappa shape index (κ2) is 8.85. The Bertz CT molecular complexity index is 637. The van der Waals surface area contributed by atoms with Gasteiger partial charge in [-0.1, -0.05) is 42.5 Å². The van der Waals surface area contributed by atoms with Crippen LogP contribution in [0, 0.1) is 0 Å². The Labute approximate surface area is 155 Å². The summed E-state index contributed by atoms with van der Waals surface area (Å²) in [6, 6.07) is 9.38. The molecule has 1 aromatic carbocycles. The Balaban J connectivity index is 1.99. The summed E-state index contributed by atoms with van der Waals surface area (Å²) in [5, 5.41) is 0. The number of ether oxygens (including phenoxy) is 2. The lowest BCUT2D eigenvalue weighted by Gasteiger charge is -2.39. The predicted octanol–water partition coefficient (Wildman–Crippen LogP) is 2.79. The summed E-state index contributed by atoms with van der Waals surface area (Å²) in [5.74, 6) is -0.424. The fraction of sp³-hybridized carbons (Fsp3) is 0.500. The van der Waals surface area contributed by atoms with Gasteiger partial charge in [-0.2, -0.15) is 0 Å². The summed E-state index contributed by atoms with van der Waals surface area (Å²) in [6.45, 7) is 7.64. The molecule has 6 heteroatoms. The quantitative estimate of drug-likeness (QED) is 0.773. The van der Waals surface area contributed by atoms with Crippen molar-refractivity contribution in [3.05, 3.63) is 42.0 Å². The molecule has 1 aliphatic rings. The number of nitrogens with zero attached hydrogens (tertiary/aromatic N) is 2. The van der Waals surface area contributed by atoms with E-state index in [1.807, 2.05) is 57.2 Å². The smallest absolute Gasteiger partial charge is 0.411 e. The van der Waals surface area contributed by atoms with Crippen LogP contribution in [0.25, 0.3) is 6.08 Å². The number of amides is 1. The number of benzene rings is 1. The van der Waals surface area contributed by atoms with Crippen molar-refractivity contribution in [2.75, 3.05) is 33.3 Å². The molecule has 1 fully saturated rings. The van der Waals surface area contributed by atoms with Gasteiger partial charge < -0.3 is 9.47 Å². The van der Waals surface area contributed by atoms with Gasteiger partial charge in [0.2, 0.25) is 0 Å². The molecule has 1 aliphatic heterocycles. The average Bonchev–Trinajstić information content (AvgIpc) is 2.60. The normalized spacial score (nSPS) is 18.8. The van der Waals surface area contributed by atoms with Crippen molar-refractivity contribution in [3.8, 4) is 0 Å². The van der Waals surface area contributed by atoms with Crippen LogP contribution < -0.4 is 0 Å². The van der Waals surface area contributed by atoms with Gasteiger partial charge in [0.25, 0.3) is 0 Å². The van der Waals surface area contributed by atoms with E-state index >= 15 is 0 Å². The highest BCUT2D eigenvalue weighted by atomic mass is 16.6. The van der Waals surface area contributed by atoms with E-state index in [-0.39, 0.29) is 0 Å². The molecule has 6 nitrogen and oxygen atoms in total. The molecule has 0 aromatic heterocycles. The minimum atomic E-state index is -0.659. The van der Waals surface area contributed by atoms with Gasteiger partial charge >= 0.3 is 12.1 Å². The highest BCUT2D eigenvalue weighted by Crippen LogP contribution is 2.17. The van der Waals surface area contributed by atoms with Crippen molar-refractivity contribution in [2.45, 2.75) is 32.4 Å². The molecule has 1 aromatic rings. The zero-order valence-electron chi connectivity index (χ0n) is 16.0. The molecule has 0 saturated carbocycles. The maximum absolute atomic E-state index is 12.4. The van der Waals surface area contributed by atoms with Crippen molar-refractivity contribution in [2.24, 2.45) is 0 Å². The van der Waals surface area contributed by atoms with Gasteiger partial charge in [0.05, 0.1) is 7.11 Å². The fourth-order valence-corrected chi connectivity index (χ4v) is 2.78. The molecule has 0 N–H and O–H groups in total. The van der Waals surface area contributed by atoms with E-state index in [2.05, 4.69) is 11.0 Å². The SMILES string of the molecule is COC(=O)C1CN(CC=Cc2ccccc2)CCN1C(=O)OC(C)(C)C. The molecule has 142 valence electrons. The van der Waals surface area contributed by atoms with Crippen molar-refractivity contribution in [1.29, 1.82) is 0 Å². The number of methoxy groups -OCH3 is 1. The van der Waals surface area contributed by atoms with Crippen LogP contribution in [0.3, 0.4) is 0 Å². The van der Waals surface area contributed by atoms with Gasteiger partial charge in [0, 0.05) is 26.2 Å². The first kappa shape index (κ1) is 20.0. The average molecular weight is 360 g/mol. The molecule has 1 heterocycles. The molecule has 0 aliphatic carbocycles. The second-order valence-electron chi connectivity index (χ2n) is 7.29. The summed E-state index contributed by atoms with van der Waals surface area (Å²) in [7, 11) is 1.34. The maximum atomic E-state index is 12.4. The minimum absolute atomic E-state index is 0.422. The molecule has 1 amide bonds. The Morgan fingerprint density at radius 2 is 1.88 bits per heavy atom. The van der Waals surface area contributed by atoms with Gasteiger partial charge in [-0.05, 0) is 26.3 Å². The van der Waals surface area contributed by atoms with Crippen LogP contribution in [-0.2, 0) is 14.3 Å². The molecule has 2 rings (SSSR count). The van der Waals surface area contributed by atoms with Crippen molar-refractivity contribution < 1.29 is 19.1 Å². The third kappa shape index (κ3) is 5.88. The Morgan fingerprint density at radius 1 is 1.19 bits per heavy atom.